The number of H-pyrrole nitrogens is 1. The lowest BCUT2D eigenvalue weighted by Gasteiger charge is -2.26. The minimum Gasteiger partial charge on any atom is -0.495 e. The zero-order chi connectivity index (χ0) is 23.2. The van der Waals surface area contributed by atoms with Crippen LogP contribution >= 0.6 is 11.6 Å². The minimum absolute atomic E-state index is 0.233. The third kappa shape index (κ3) is 5.40. The number of pyridine rings is 1. The van der Waals surface area contributed by atoms with Crippen molar-refractivity contribution in [3.8, 4) is 17.6 Å². The quantitative estimate of drug-likeness (QED) is 0.522. The Hall–Kier alpha value is -3.25. The third-order valence-electron chi connectivity index (χ3n) is 5.57. The molecule has 0 amide bonds. The normalized spacial score (nSPS) is 14.1. The Morgan fingerprint density at radius 3 is 2.79 bits per heavy atom. The highest BCUT2D eigenvalue weighted by Gasteiger charge is 2.13. The number of nitrogens with one attached hydrogen (secondary N) is 2. The van der Waals surface area contributed by atoms with Gasteiger partial charge in [-0.05, 0) is 30.3 Å². The Kier molecular flexibility index (Phi) is 7.35. The van der Waals surface area contributed by atoms with Gasteiger partial charge in [0.1, 0.15) is 29.2 Å². The van der Waals surface area contributed by atoms with Crippen LogP contribution in [0.1, 0.15) is 11.1 Å². The SMILES string of the molecule is COc1cc(NCc2cc3ccc(OCCN4CCOCC4)c(Cl)c3[nH]c2=O)ccc1C#N. The number of ether oxygens (including phenoxy) is 3. The van der Waals surface area contributed by atoms with E-state index in [1.54, 1.807) is 18.2 Å². The number of benzene rings is 2. The zero-order valence-electron chi connectivity index (χ0n) is 18.3. The van der Waals surface area contributed by atoms with Crippen molar-refractivity contribution in [2.75, 3.05) is 51.9 Å². The van der Waals surface area contributed by atoms with Gasteiger partial charge in [0.05, 0.1) is 31.4 Å². The van der Waals surface area contributed by atoms with Crippen molar-refractivity contribution in [1.29, 1.82) is 5.26 Å². The van der Waals surface area contributed by atoms with Crippen LogP contribution in [0.15, 0.2) is 41.2 Å². The molecule has 0 atom stereocenters. The first-order chi connectivity index (χ1) is 16.1. The molecule has 1 aliphatic heterocycles. The van der Waals surface area contributed by atoms with E-state index >= 15 is 0 Å². The smallest absolute Gasteiger partial charge is 0.253 e. The van der Waals surface area contributed by atoms with Gasteiger partial charge in [-0.25, -0.2) is 0 Å². The number of morpholine rings is 1. The Morgan fingerprint density at radius 2 is 2.03 bits per heavy atom. The molecule has 33 heavy (non-hydrogen) atoms. The van der Waals surface area contributed by atoms with E-state index in [-0.39, 0.29) is 5.56 Å². The summed E-state index contributed by atoms with van der Waals surface area (Å²) in [6, 6.07) is 12.8. The van der Waals surface area contributed by atoms with Gasteiger partial charge in [0, 0.05) is 48.9 Å². The average molecular weight is 469 g/mol. The molecule has 0 unspecified atom stereocenters. The summed E-state index contributed by atoms with van der Waals surface area (Å²) in [6.45, 7) is 4.88. The van der Waals surface area contributed by atoms with Crippen molar-refractivity contribution >= 4 is 28.2 Å². The van der Waals surface area contributed by atoms with Gasteiger partial charge >= 0.3 is 0 Å². The zero-order valence-corrected chi connectivity index (χ0v) is 19.1. The van der Waals surface area contributed by atoms with Crippen LogP contribution in [0.4, 0.5) is 5.69 Å². The molecule has 0 aliphatic carbocycles. The molecule has 0 spiro atoms. The molecule has 3 aromatic rings. The first-order valence-corrected chi connectivity index (χ1v) is 11.1. The molecular weight excluding hydrogens is 444 g/mol. The number of nitrogens with zero attached hydrogens (tertiary/aromatic N) is 2. The Balaban J connectivity index is 1.45. The molecule has 172 valence electrons. The van der Waals surface area contributed by atoms with Crippen molar-refractivity contribution in [1.82, 2.24) is 9.88 Å². The van der Waals surface area contributed by atoms with Crippen LogP contribution in [-0.4, -0.2) is 56.4 Å². The van der Waals surface area contributed by atoms with Gasteiger partial charge in [-0.3, -0.25) is 9.69 Å². The molecule has 8 nitrogen and oxygen atoms in total. The summed E-state index contributed by atoms with van der Waals surface area (Å²) in [5, 5.41) is 13.5. The summed E-state index contributed by atoms with van der Waals surface area (Å²) in [5.41, 5.74) is 2.07. The van der Waals surface area contributed by atoms with Crippen LogP contribution in [0.5, 0.6) is 11.5 Å². The highest BCUT2D eigenvalue weighted by atomic mass is 35.5. The molecule has 1 fully saturated rings. The summed E-state index contributed by atoms with van der Waals surface area (Å²) in [4.78, 5) is 17.8. The summed E-state index contributed by atoms with van der Waals surface area (Å²) in [6.07, 6.45) is 0. The molecule has 2 aromatic carbocycles. The molecule has 2 heterocycles. The Bertz CT molecular complexity index is 1230. The first kappa shape index (κ1) is 22.9. The number of rotatable bonds is 8. The molecule has 1 aromatic heterocycles. The molecule has 4 rings (SSSR count). The molecule has 0 saturated carbocycles. The van der Waals surface area contributed by atoms with E-state index in [0.717, 1.165) is 43.9 Å². The van der Waals surface area contributed by atoms with Gasteiger partial charge in [0.2, 0.25) is 0 Å². The molecular formula is C24H25ClN4O4. The number of fused-ring (bicyclic) bond motifs is 1. The summed E-state index contributed by atoms with van der Waals surface area (Å²) in [5.74, 6) is 1.02. The Labute approximate surface area is 196 Å². The second kappa shape index (κ2) is 10.6. The van der Waals surface area contributed by atoms with Gasteiger partial charge in [-0.15, -0.1) is 0 Å². The van der Waals surface area contributed by atoms with Gasteiger partial charge in [-0.1, -0.05) is 11.6 Å². The maximum Gasteiger partial charge on any atom is 0.253 e. The lowest BCUT2D eigenvalue weighted by molar-refractivity contribution is 0.0322. The van der Waals surface area contributed by atoms with Gasteiger partial charge in [0.15, 0.2) is 0 Å². The maximum absolute atomic E-state index is 12.7. The Morgan fingerprint density at radius 1 is 1.21 bits per heavy atom. The number of aromatic nitrogens is 1. The highest BCUT2D eigenvalue weighted by Crippen LogP contribution is 2.31. The number of nitriles is 1. The fourth-order valence-corrected chi connectivity index (χ4v) is 3.98. The standard InChI is InChI=1S/C24H25ClN4O4/c1-31-21-13-19(4-2-17(21)14-26)27-15-18-12-16-3-5-20(22(25)23(16)28-24(18)30)33-11-8-29-6-9-32-10-7-29/h2-5,12-13,27H,6-11,15H2,1H3,(H,28,30). The number of hydrogen-bond acceptors (Lipinski definition) is 7. The van der Waals surface area contributed by atoms with E-state index in [9.17, 15) is 4.79 Å². The summed E-state index contributed by atoms with van der Waals surface area (Å²) >= 11 is 6.54. The topological polar surface area (TPSA) is 99.6 Å². The lowest BCUT2D eigenvalue weighted by atomic mass is 10.1. The van der Waals surface area contributed by atoms with Crippen LogP contribution in [0.3, 0.4) is 0 Å². The predicted octanol–water partition coefficient (Wildman–Crippen LogP) is 3.38. The van der Waals surface area contributed by atoms with E-state index in [1.807, 2.05) is 18.2 Å². The maximum atomic E-state index is 12.7. The van der Waals surface area contributed by atoms with E-state index in [0.29, 0.717) is 46.3 Å². The lowest BCUT2D eigenvalue weighted by Crippen LogP contribution is -2.38. The van der Waals surface area contributed by atoms with E-state index in [2.05, 4.69) is 21.3 Å². The molecule has 0 bridgehead atoms. The van der Waals surface area contributed by atoms with Crippen molar-refractivity contribution < 1.29 is 14.2 Å². The van der Waals surface area contributed by atoms with Crippen molar-refractivity contribution in [3.05, 3.63) is 62.9 Å². The van der Waals surface area contributed by atoms with Crippen LogP contribution in [0, 0.1) is 11.3 Å². The van der Waals surface area contributed by atoms with E-state index < -0.39 is 0 Å². The fourth-order valence-electron chi connectivity index (χ4n) is 3.71. The number of hydrogen-bond donors (Lipinski definition) is 2. The number of anilines is 1. The highest BCUT2D eigenvalue weighted by molar-refractivity contribution is 6.36. The fraction of sp³-hybridized carbons (Fsp3) is 0.333. The monoisotopic (exact) mass is 468 g/mol. The second-order valence-corrected chi connectivity index (χ2v) is 8.03. The van der Waals surface area contributed by atoms with Crippen LogP contribution in [0.25, 0.3) is 10.9 Å². The first-order valence-electron chi connectivity index (χ1n) is 10.7. The number of aromatic amines is 1. The number of methoxy groups -OCH3 is 1. The van der Waals surface area contributed by atoms with Crippen LogP contribution in [0.2, 0.25) is 5.02 Å². The third-order valence-corrected chi connectivity index (χ3v) is 5.95. The number of halogens is 1. The van der Waals surface area contributed by atoms with Crippen LogP contribution in [-0.2, 0) is 11.3 Å². The molecule has 0 radical (unpaired) electrons. The summed E-state index contributed by atoms with van der Waals surface area (Å²) < 4.78 is 16.5. The largest absolute Gasteiger partial charge is 0.495 e. The van der Waals surface area contributed by atoms with Crippen molar-refractivity contribution in [3.63, 3.8) is 0 Å². The van der Waals surface area contributed by atoms with Gasteiger partial charge in [-0.2, -0.15) is 5.26 Å². The second-order valence-electron chi connectivity index (χ2n) is 7.65. The predicted molar refractivity (Wildman–Crippen MR) is 127 cm³/mol. The van der Waals surface area contributed by atoms with Crippen molar-refractivity contribution in [2.45, 2.75) is 6.54 Å². The molecule has 1 aliphatic rings. The van der Waals surface area contributed by atoms with E-state index in [4.69, 9.17) is 31.1 Å². The summed E-state index contributed by atoms with van der Waals surface area (Å²) in [7, 11) is 1.51. The molecule has 1 saturated heterocycles. The molecule has 2 N–H and O–H groups in total. The average Bonchev–Trinajstić information content (AvgIpc) is 2.85. The van der Waals surface area contributed by atoms with Crippen LogP contribution < -0.4 is 20.3 Å². The molecule has 9 heteroatoms. The van der Waals surface area contributed by atoms with Gasteiger partial charge in [0.25, 0.3) is 5.56 Å². The van der Waals surface area contributed by atoms with Crippen molar-refractivity contribution in [2.24, 2.45) is 0 Å². The van der Waals surface area contributed by atoms with Gasteiger partial charge < -0.3 is 24.5 Å². The minimum atomic E-state index is -0.233. The van der Waals surface area contributed by atoms with E-state index in [1.165, 1.54) is 7.11 Å².